The first kappa shape index (κ1) is 19.2. The number of nitrogens with zero attached hydrogens (tertiary/aromatic N) is 1. The van der Waals surface area contributed by atoms with Gasteiger partial charge in [-0.05, 0) is 54.1 Å². The topological polar surface area (TPSA) is 51.2 Å². The molecule has 0 aliphatic heterocycles. The Balaban J connectivity index is 1.71. The minimum absolute atomic E-state index is 0.226. The highest BCUT2D eigenvalue weighted by Crippen LogP contribution is 2.39. The van der Waals surface area contributed by atoms with Crippen LogP contribution in [-0.4, -0.2) is 18.0 Å². The number of hydrogen-bond donors (Lipinski definition) is 1. The van der Waals surface area contributed by atoms with Crippen molar-refractivity contribution >= 4 is 34.0 Å². The summed E-state index contributed by atoms with van der Waals surface area (Å²) in [5, 5.41) is 4.02. The molecule has 1 aromatic heterocycles. The van der Waals surface area contributed by atoms with Crippen LogP contribution in [0.4, 0.5) is 5.13 Å². The molecule has 0 saturated carbocycles. The number of aromatic nitrogens is 1. The standard InChI is InChI=1S/C23H17ClN2O2S/c1-28-19-13-9-15(10-14-19)20-21(16-5-3-2-4-6-16)29-23(25-20)26-22(27)17-7-11-18(24)12-8-17/h2-14H,1H3,(H,25,26,27). The van der Waals surface area contributed by atoms with Crippen molar-refractivity contribution in [3.63, 3.8) is 0 Å². The van der Waals surface area contributed by atoms with Gasteiger partial charge in [0, 0.05) is 16.1 Å². The molecule has 6 heteroatoms. The lowest BCUT2D eigenvalue weighted by Gasteiger charge is -2.04. The number of benzene rings is 3. The second-order valence-corrected chi connectivity index (χ2v) is 7.69. The number of halogens is 1. The summed E-state index contributed by atoms with van der Waals surface area (Å²) in [7, 11) is 1.64. The molecule has 0 unspecified atom stereocenters. The normalized spacial score (nSPS) is 10.6. The first-order valence-corrected chi connectivity index (χ1v) is 10.1. The number of carbonyl (C=O) groups excluding carboxylic acids is 1. The van der Waals surface area contributed by atoms with Gasteiger partial charge in [0.05, 0.1) is 17.7 Å². The Bertz CT molecular complexity index is 1120. The Hall–Kier alpha value is -3.15. The van der Waals surface area contributed by atoms with Crippen molar-refractivity contribution in [1.82, 2.24) is 4.98 Å². The van der Waals surface area contributed by atoms with Gasteiger partial charge >= 0.3 is 0 Å². The highest BCUT2D eigenvalue weighted by molar-refractivity contribution is 7.19. The Morgan fingerprint density at radius 1 is 0.931 bits per heavy atom. The van der Waals surface area contributed by atoms with Crippen LogP contribution in [-0.2, 0) is 0 Å². The van der Waals surface area contributed by atoms with Crippen LogP contribution in [0.1, 0.15) is 10.4 Å². The van der Waals surface area contributed by atoms with Crippen molar-refractivity contribution in [2.45, 2.75) is 0 Å². The Morgan fingerprint density at radius 2 is 1.62 bits per heavy atom. The first-order chi connectivity index (χ1) is 14.1. The Labute approximate surface area is 177 Å². The maximum Gasteiger partial charge on any atom is 0.257 e. The van der Waals surface area contributed by atoms with Crippen LogP contribution in [0.25, 0.3) is 21.7 Å². The van der Waals surface area contributed by atoms with E-state index in [-0.39, 0.29) is 5.91 Å². The second kappa shape index (κ2) is 8.47. The molecule has 144 valence electrons. The van der Waals surface area contributed by atoms with Gasteiger partial charge in [0.2, 0.25) is 0 Å². The number of amides is 1. The molecule has 0 saturated heterocycles. The third-order valence-electron chi connectivity index (χ3n) is 4.35. The number of carbonyl (C=O) groups is 1. The molecular formula is C23H17ClN2O2S. The molecule has 1 heterocycles. The lowest BCUT2D eigenvalue weighted by atomic mass is 10.1. The summed E-state index contributed by atoms with van der Waals surface area (Å²) in [5.41, 5.74) is 3.34. The molecule has 1 amide bonds. The van der Waals surface area contributed by atoms with E-state index in [9.17, 15) is 4.79 Å². The monoisotopic (exact) mass is 420 g/mol. The summed E-state index contributed by atoms with van der Waals surface area (Å²) >= 11 is 7.35. The van der Waals surface area contributed by atoms with E-state index >= 15 is 0 Å². The van der Waals surface area contributed by atoms with Crippen molar-refractivity contribution < 1.29 is 9.53 Å². The number of anilines is 1. The molecule has 4 nitrogen and oxygen atoms in total. The van der Waals surface area contributed by atoms with Gasteiger partial charge in [0.1, 0.15) is 5.75 Å². The summed E-state index contributed by atoms with van der Waals surface area (Å²) in [6, 6.07) is 24.5. The van der Waals surface area contributed by atoms with Gasteiger partial charge in [-0.3, -0.25) is 10.1 Å². The van der Waals surface area contributed by atoms with E-state index in [2.05, 4.69) is 5.32 Å². The average Bonchev–Trinajstić information content (AvgIpc) is 3.18. The third-order valence-corrected chi connectivity index (χ3v) is 5.63. The molecule has 3 aromatic carbocycles. The number of methoxy groups -OCH3 is 1. The minimum Gasteiger partial charge on any atom is -0.497 e. The lowest BCUT2D eigenvalue weighted by Crippen LogP contribution is -2.11. The molecule has 29 heavy (non-hydrogen) atoms. The summed E-state index contributed by atoms with van der Waals surface area (Å²) in [5.74, 6) is 0.554. The van der Waals surface area contributed by atoms with Gasteiger partial charge in [-0.15, -0.1) is 0 Å². The van der Waals surface area contributed by atoms with Crippen LogP contribution in [0, 0.1) is 0 Å². The van der Waals surface area contributed by atoms with Crippen LogP contribution >= 0.6 is 22.9 Å². The molecule has 0 bridgehead atoms. The molecule has 1 N–H and O–H groups in total. The van der Waals surface area contributed by atoms with Crippen molar-refractivity contribution in [1.29, 1.82) is 0 Å². The highest BCUT2D eigenvalue weighted by Gasteiger charge is 2.17. The van der Waals surface area contributed by atoms with Crippen LogP contribution in [0.5, 0.6) is 5.75 Å². The SMILES string of the molecule is COc1ccc(-c2nc(NC(=O)c3ccc(Cl)cc3)sc2-c2ccccc2)cc1. The maximum absolute atomic E-state index is 12.6. The van der Waals surface area contributed by atoms with Crippen molar-refractivity contribution in [3.05, 3.63) is 89.4 Å². The van der Waals surface area contributed by atoms with Gasteiger partial charge < -0.3 is 4.74 Å². The largest absolute Gasteiger partial charge is 0.497 e. The number of thiazole rings is 1. The van der Waals surface area contributed by atoms with Crippen LogP contribution < -0.4 is 10.1 Å². The highest BCUT2D eigenvalue weighted by atomic mass is 35.5. The van der Waals surface area contributed by atoms with Crippen molar-refractivity contribution in [3.8, 4) is 27.4 Å². The smallest absolute Gasteiger partial charge is 0.257 e. The van der Waals surface area contributed by atoms with E-state index in [1.807, 2.05) is 54.6 Å². The van der Waals surface area contributed by atoms with E-state index < -0.39 is 0 Å². The maximum atomic E-state index is 12.6. The van der Waals surface area contributed by atoms with Gasteiger partial charge in [0.15, 0.2) is 5.13 Å². The Kier molecular flexibility index (Phi) is 5.60. The van der Waals surface area contributed by atoms with Gasteiger partial charge in [-0.1, -0.05) is 53.3 Å². The number of hydrogen-bond acceptors (Lipinski definition) is 4. The van der Waals surface area contributed by atoms with Crippen LogP contribution in [0.15, 0.2) is 78.9 Å². The zero-order chi connectivity index (χ0) is 20.2. The van der Waals surface area contributed by atoms with E-state index in [4.69, 9.17) is 21.3 Å². The Morgan fingerprint density at radius 3 is 2.28 bits per heavy atom. The van der Waals surface area contributed by atoms with Crippen molar-refractivity contribution in [2.24, 2.45) is 0 Å². The molecule has 0 atom stereocenters. The first-order valence-electron chi connectivity index (χ1n) is 8.91. The van der Waals surface area contributed by atoms with Gasteiger partial charge in [-0.25, -0.2) is 4.98 Å². The quantitative estimate of drug-likeness (QED) is 0.407. The molecule has 0 fully saturated rings. The number of ether oxygens (including phenoxy) is 1. The summed E-state index contributed by atoms with van der Waals surface area (Å²) in [6.07, 6.45) is 0. The van der Waals surface area contributed by atoms with Gasteiger partial charge in [0.25, 0.3) is 5.91 Å². The number of rotatable bonds is 5. The van der Waals surface area contributed by atoms with E-state index in [1.54, 1.807) is 31.4 Å². The van der Waals surface area contributed by atoms with Crippen molar-refractivity contribution in [2.75, 3.05) is 12.4 Å². The molecule has 0 radical (unpaired) electrons. The fraction of sp³-hybridized carbons (Fsp3) is 0.0435. The molecule has 0 aliphatic rings. The molecular weight excluding hydrogens is 404 g/mol. The third kappa shape index (κ3) is 4.31. The molecule has 0 spiro atoms. The zero-order valence-corrected chi connectivity index (χ0v) is 17.1. The molecule has 4 aromatic rings. The predicted molar refractivity (Wildman–Crippen MR) is 119 cm³/mol. The fourth-order valence-corrected chi connectivity index (χ4v) is 3.99. The fourth-order valence-electron chi connectivity index (χ4n) is 2.87. The summed E-state index contributed by atoms with van der Waals surface area (Å²) < 4.78 is 5.25. The van der Waals surface area contributed by atoms with Gasteiger partial charge in [-0.2, -0.15) is 0 Å². The van der Waals surface area contributed by atoms with E-state index in [0.717, 1.165) is 27.4 Å². The summed E-state index contributed by atoms with van der Waals surface area (Å²) in [6.45, 7) is 0. The van der Waals surface area contributed by atoms with E-state index in [1.165, 1.54) is 11.3 Å². The second-order valence-electron chi connectivity index (χ2n) is 6.25. The predicted octanol–water partition coefficient (Wildman–Crippen LogP) is 6.39. The summed E-state index contributed by atoms with van der Waals surface area (Å²) in [4.78, 5) is 18.3. The molecule has 4 rings (SSSR count). The minimum atomic E-state index is -0.226. The molecule has 0 aliphatic carbocycles. The lowest BCUT2D eigenvalue weighted by molar-refractivity contribution is 0.102. The average molecular weight is 421 g/mol. The van der Waals surface area contributed by atoms with Crippen LogP contribution in [0.2, 0.25) is 5.02 Å². The number of nitrogens with one attached hydrogen (secondary N) is 1. The van der Waals surface area contributed by atoms with E-state index in [0.29, 0.717) is 15.7 Å². The van der Waals surface area contributed by atoms with Crippen LogP contribution in [0.3, 0.4) is 0 Å². The zero-order valence-electron chi connectivity index (χ0n) is 15.6.